The van der Waals surface area contributed by atoms with Gasteiger partial charge in [-0.05, 0) is 32.9 Å². The van der Waals surface area contributed by atoms with Crippen LogP contribution in [0.2, 0.25) is 0 Å². The molecule has 0 saturated carbocycles. The first-order valence-corrected chi connectivity index (χ1v) is 5.60. The van der Waals surface area contributed by atoms with Crippen molar-refractivity contribution >= 4 is 11.7 Å². The van der Waals surface area contributed by atoms with Gasteiger partial charge in [0.2, 0.25) is 0 Å². The summed E-state index contributed by atoms with van der Waals surface area (Å²) < 4.78 is 15.6. The maximum absolute atomic E-state index is 11.5. The number of esters is 1. The van der Waals surface area contributed by atoms with Crippen LogP contribution in [0.4, 0.5) is 5.69 Å². The summed E-state index contributed by atoms with van der Waals surface area (Å²) in [5, 5.41) is 0. The molecule has 0 aromatic heterocycles. The second-order valence-electron chi connectivity index (χ2n) is 4.79. The number of nitrogen functional groups attached to an aromatic ring is 1. The molecule has 0 saturated heterocycles. The number of rotatable bonds is 4. The summed E-state index contributed by atoms with van der Waals surface area (Å²) in [6.45, 7) is 5.21. The van der Waals surface area contributed by atoms with Crippen LogP contribution >= 0.6 is 0 Å². The minimum atomic E-state index is -0.528. The lowest BCUT2D eigenvalue weighted by Crippen LogP contribution is -2.27. The number of anilines is 1. The van der Waals surface area contributed by atoms with Crippen LogP contribution in [-0.4, -0.2) is 25.3 Å². The highest BCUT2D eigenvalue weighted by Crippen LogP contribution is 2.28. The molecule has 1 aromatic rings. The number of carbonyl (C=O) groups excluding carboxylic acids is 1. The summed E-state index contributed by atoms with van der Waals surface area (Å²) in [7, 11) is 1.52. The Bertz CT molecular complexity index is 423. The number of methoxy groups -OCH3 is 1. The smallest absolute Gasteiger partial charge is 0.344 e. The number of carbonyl (C=O) groups is 1. The van der Waals surface area contributed by atoms with E-state index in [-0.39, 0.29) is 6.61 Å². The second-order valence-corrected chi connectivity index (χ2v) is 4.79. The third-order valence-corrected chi connectivity index (χ3v) is 1.95. The van der Waals surface area contributed by atoms with Crippen LogP contribution in [-0.2, 0) is 9.53 Å². The van der Waals surface area contributed by atoms with Crippen LogP contribution in [0.15, 0.2) is 18.2 Å². The van der Waals surface area contributed by atoms with Gasteiger partial charge < -0.3 is 19.9 Å². The van der Waals surface area contributed by atoms with Gasteiger partial charge in [-0.2, -0.15) is 0 Å². The van der Waals surface area contributed by atoms with E-state index in [2.05, 4.69) is 0 Å². The first-order chi connectivity index (χ1) is 8.31. The third-order valence-electron chi connectivity index (χ3n) is 1.95. The minimum absolute atomic E-state index is 0.183. The van der Waals surface area contributed by atoms with Crippen molar-refractivity contribution in [2.24, 2.45) is 0 Å². The lowest BCUT2D eigenvalue weighted by molar-refractivity contribution is -0.157. The molecule has 0 bridgehead atoms. The highest BCUT2D eigenvalue weighted by atomic mass is 16.6. The van der Waals surface area contributed by atoms with Crippen molar-refractivity contribution in [3.8, 4) is 11.5 Å². The topological polar surface area (TPSA) is 70.8 Å². The summed E-state index contributed by atoms with van der Waals surface area (Å²) in [6, 6.07) is 4.97. The Balaban J connectivity index is 2.63. The molecule has 5 nitrogen and oxygen atoms in total. The third kappa shape index (κ3) is 4.53. The molecule has 18 heavy (non-hydrogen) atoms. The second kappa shape index (κ2) is 5.62. The van der Waals surface area contributed by atoms with E-state index in [9.17, 15) is 4.79 Å². The van der Waals surface area contributed by atoms with E-state index < -0.39 is 11.6 Å². The zero-order chi connectivity index (χ0) is 13.8. The van der Waals surface area contributed by atoms with Gasteiger partial charge in [-0.15, -0.1) is 0 Å². The van der Waals surface area contributed by atoms with Crippen molar-refractivity contribution in [3.05, 3.63) is 18.2 Å². The van der Waals surface area contributed by atoms with Gasteiger partial charge in [0.05, 0.1) is 7.11 Å². The van der Waals surface area contributed by atoms with E-state index in [1.165, 1.54) is 7.11 Å². The first-order valence-electron chi connectivity index (χ1n) is 5.60. The molecular weight excluding hydrogens is 234 g/mol. The molecule has 100 valence electrons. The Morgan fingerprint density at radius 3 is 2.50 bits per heavy atom. The van der Waals surface area contributed by atoms with Gasteiger partial charge >= 0.3 is 5.97 Å². The average Bonchev–Trinajstić information content (AvgIpc) is 2.24. The van der Waals surface area contributed by atoms with Crippen molar-refractivity contribution in [3.63, 3.8) is 0 Å². The molecule has 0 spiro atoms. The summed E-state index contributed by atoms with van der Waals surface area (Å²) >= 11 is 0. The van der Waals surface area contributed by atoms with E-state index in [0.717, 1.165) is 0 Å². The zero-order valence-corrected chi connectivity index (χ0v) is 11.1. The molecule has 0 fully saturated rings. The predicted octanol–water partition coefficient (Wildman–Crippen LogP) is 2.00. The highest BCUT2D eigenvalue weighted by Gasteiger charge is 2.17. The molecule has 0 aliphatic heterocycles. The number of hydrogen-bond donors (Lipinski definition) is 1. The molecule has 1 rings (SSSR count). The molecule has 0 aliphatic carbocycles. The van der Waals surface area contributed by atoms with Crippen LogP contribution in [0.3, 0.4) is 0 Å². The summed E-state index contributed by atoms with van der Waals surface area (Å²) in [5.74, 6) is 0.503. The number of hydrogen-bond acceptors (Lipinski definition) is 5. The Labute approximate surface area is 107 Å². The fourth-order valence-corrected chi connectivity index (χ4v) is 1.31. The van der Waals surface area contributed by atoms with Crippen molar-refractivity contribution in [2.75, 3.05) is 19.5 Å². The Morgan fingerprint density at radius 2 is 1.94 bits per heavy atom. The SMILES string of the molecule is COc1ccc(N)cc1OCC(=O)OC(C)(C)C. The van der Waals surface area contributed by atoms with Crippen LogP contribution in [0, 0.1) is 0 Å². The Kier molecular flexibility index (Phi) is 4.42. The maximum Gasteiger partial charge on any atom is 0.344 e. The van der Waals surface area contributed by atoms with Crippen LogP contribution < -0.4 is 15.2 Å². The fraction of sp³-hybridized carbons (Fsp3) is 0.462. The van der Waals surface area contributed by atoms with E-state index in [1.54, 1.807) is 39.0 Å². The Hall–Kier alpha value is -1.91. The molecule has 5 heteroatoms. The van der Waals surface area contributed by atoms with Crippen LogP contribution in [0.1, 0.15) is 20.8 Å². The lowest BCUT2D eigenvalue weighted by Gasteiger charge is -2.19. The van der Waals surface area contributed by atoms with E-state index >= 15 is 0 Å². The molecule has 0 unspecified atom stereocenters. The normalized spacial score (nSPS) is 10.9. The number of benzene rings is 1. The summed E-state index contributed by atoms with van der Waals surface area (Å²) in [5.41, 5.74) is 5.65. The van der Waals surface area contributed by atoms with Gasteiger partial charge in [0, 0.05) is 11.8 Å². The molecule has 0 amide bonds. The van der Waals surface area contributed by atoms with Gasteiger partial charge in [-0.3, -0.25) is 0 Å². The maximum atomic E-state index is 11.5. The standard InChI is InChI=1S/C13H19NO4/c1-13(2,3)18-12(15)8-17-11-7-9(14)5-6-10(11)16-4/h5-7H,8,14H2,1-4H3. The van der Waals surface area contributed by atoms with E-state index in [4.69, 9.17) is 19.9 Å². The van der Waals surface area contributed by atoms with Crippen LogP contribution in [0.5, 0.6) is 11.5 Å². The van der Waals surface area contributed by atoms with Gasteiger partial charge in [0.25, 0.3) is 0 Å². The van der Waals surface area contributed by atoms with Gasteiger partial charge in [0.1, 0.15) is 5.60 Å². The predicted molar refractivity (Wildman–Crippen MR) is 68.7 cm³/mol. The monoisotopic (exact) mass is 253 g/mol. The number of ether oxygens (including phenoxy) is 3. The molecule has 0 atom stereocenters. The average molecular weight is 253 g/mol. The molecule has 1 aromatic carbocycles. The minimum Gasteiger partial charge on any atom is -0.493 e. The molecular formula is C13H19NO4. The van der Waals surface area contributed by atoms with E-state index in [0.29, 0.717) is 17.2 Å². The lowest BCUT2D eigenvalue weighted by atomic mass is 10.2. The molecule has 0 radical (unpaired) electrons. The largest absolute Gasteiger partial charge is 0.493 e. The molecule has 0 aliphatic rings. The zero-order valence-electron chi connectivity index (χ0n) is 11.1. The van der Waals surface area contributed by atoms with Gasteiger partial charge in [0.15, 0.2) is 18.1 Å². The van der Waals surface area contributed by atoms with Crippen molar-refractivity contribution in [1.29, 1.82) is 0 Å². The number of nitrogens with two attached hydrogens (primary N) is 1. The first kappa shape index (κ1) is 14.2. The fourth-order valence-electron chi connectivity index (χ4n) is 1.31. The molecule has 2 N–H and O–H groups in total. The van der Waals surface area contributed by atoms with Gasteiger partial charge in [-0.25, -0.2) is 4.79 Å². The summed E-state index contributed by atoms with van der Waals surface area (Å²) in [6.07, 6.45) is 0. The van der Waals surface area contributed by atoms with Gasteiger partial charge in [-0.1, -0.05) is 0 Å². The summed E-state index contributed by atoms with van der Waals surface area (Å²) in [4.78, 5) is 11.5. The van der Waals surface area contributed by atoms with Crippen LogP contribution in [0.25, 0.3) is 0 Å². The molecule has 0 heterocycles. The highest BCUT2D eigenvalue weighted by molar-refractivity contribution is 5.71. The Morgan fingerprint density at radius 1 is 1.28 bits per heavy atom. The van der Waals surface area contributed by atoms with E-state index in [1.807, 2.05) is 0 Å². The van der Waals surface area contributed by atoms with Crippen molar-refractivity contribution in [1.82, 2.24) is 0 Å². The quantitative estimate of drug-likeness (QED) is 0.656. The van der Waals surface area contributed by atoms with Crippen molar-refractivity contribution in [2.45, 2.75) is 26.4 Å². The van der Waals surface area contributed by atoms with Crippen molar-refractivity contribution < 1.29 is 19.0 Å².